The number of nitrogens with zero attached hydrogens (tertiary/aromatic N) is 4. The van der Waals surface area contributed by atoms with Crippen molar-refractivity contribution in [2.75, 3.05) is 0 Å². The summed E-state index contributed by atoms with van der Waals surface area (Å²) in [6.07, 6.45) is 4.15. The van der Waals surface area contributed by atoms with E-state index in [0.29, 0.717) is 17.2 Å². The van der Waals surface area contributed by atoms with Gasteiger partial charge in [-0.05, 0) is 24.3 Å². The second-order valence-electron chi connectivity index (χ2n) is 3.52. The molecule has 0 saturated heterocycles. The predicted octanol–water partition coefficient (Wildman–Crippen LogP) is 1.60. The molecule has 0 aliphatic carbocycles. The van der Waals surface area contributed by atoms with Crippen molar-refractivity contribution in [1.82, 2.24) is 19.6 Å². The minimum absolute atomic E-state index is 0.527. The summed E-state index contributed by atoms with van der Waals surface area (Å²) < 4.78 is 1.72. The fourth-order valence-corrected chi connectivity index (χ4v) is 1.75. The summed E-state index contributed by atoms with van der Waals surface area (Å²) >= 11 is 0. The number of pyridine rings is 2. The van der Waals surface area contributed by atoms with Gasteiger partial charge < -0.3 is 0 Å². The summed E-state index contributed by atoms with van der Waals surface area (Å²) in [6.45, 7) is 0. The minimum Gasteiger partial charge on any atom is -0.296 e. The molecule has 0 fully saturated rings. The van der Waals surface area contributed by atoms with Crippen LogP contribution >= 0.6 is 0 Å². The van der Waals surface area contributed by atoms with Crippen LogP contribution in [-0.4, -0.2) is 25.9 Å². The van der Waals surface area contributed by atoms with Crippen molar-refractivity contribution < 1.29 is 4.79 Å². The monoisotopic (exact) mass is 224 g/mol. The third kappa shape index (κ3) is 1.48. The van der Waals surface area contributed by atoms with E-state index in [4.69, 9.17) is 0 Å². The Balaban J connectivity index is 2.35. The van der Waals surface area contributed by atoms with Crippen molar-refractivity contribution in [1.29, 1.82) is 0 Å². The molecule has 5 nitrogen and oxygen atoms in total. The molecular weight excluding hydrogens is 216 g/mol. The lowest BCUT2D eigenvalue weighted by atomic mass is 10.2. The lowest BCUT2D eigenvalue weighted by Crippen LogP contribution is -1.97. The molecule has 0 atom stereocenters. The van der Waals surface area contributed by atoms with Gasteiger partial charge in [0.1, 0.15) is 0 Å². The topological polar surface area (TPSA) is 60.2 Å². The number of hydrogen-bond acceptors (Lipinski definition) is 4. The minimum atomic E-state index is 0.527. The molecule has 3 aromatic heterocycles. The van der Waals surface area contributed by atoms with Crippen molar-refractivity contribution in [3.63, 3.8) is 0 Å². The molecule has 82 valence electrons. The van der Waals surface area contributed by atoms with Gasteiger partial charge in [-0.1, -0.05) is 6.07 Å². The Morgan fingerprint density at radius 3 is 2.65 bits per heavy atom. The van der Waals surface area contributed by atoms with Gasteiger partial charge in [0.2, 0.25) is 0 Å². The highest BCUT2D eigenvalue weighted by molar-refractivity contribution is 5.76. The van der Waals surface area contributed by atoms with E-state index in [1.54, 1.807) is 28.9 Å². The molecule has 0 spiro atoms. The molecule has 3 aromatic rings. The SMILES string of the molecule is O=Cc1cccc2nnc(-c3ccncc3)n12. The number of aldehydes is 1. The Bertz CT molecular complexity index is 675. The zero-order chi connectivity index (χ0) is 11.7. The molecule has 3 rings (SSSR count). The van der Waals surface area contributed by atoms with Gasteiger partial charge in [-0.25, -0.2) is 0 Å². The molecular formula is C12H8N4O. The van der Waals surface area contributed by atoms with Crippen LogP contribution in [0.25, 0.3) is 17.0 Å². The highest BCUT2D eigenvalue weighted by Gasteiger charge is 2.10. The van der Waals surface area contributed by atoms with Crippen LogP contribution < -0.4 is 0 Å². The molecule has 0 radical (unpaired) electrons. The molecule has 5 heteroatoms. The van der Waals surface area contributed by atoms with Crippen molar-refractivity contribution in [3.05, 3.63) is 48.4 Å². The summed E-state index contributed by atoms with van der Waals surface area (Å²) in [5.41, 5.74) is 2.06. The van der Waals surface area contributed by atoms with Crippen LogP contribution in [-0.2, 0) is 0 Å². The van der Waals surface area contributed by atoms with Gasteiger partial charge in [0, 0.05) is 18.0 Å². The molecule has 0 bridgehead atoms. The molecule has 0 aliphatic heterocycles. The van der Waals surface area contributed by atoms with Crippen LogP contribution in [0.1, 0.15) is 10.5 Å². The summed E-state index contributed by atoms with van der Waals surface area (Å²) in [6, 6.07) is 8.99. The highest BCUT2D eigenvalue weighted by Crippen LogP contribution is 2.18. The third-order valence-electron chi connectivity index (χ3n) is 2.52. The summed E-state index contributed by atoms with van der Waals surface area (Å²) in [5, 5.41) is 8.14. The first-order chi connectivity index (χ1) is 8.40. The summed E-state index contributed by atoms with van der Waals surface area (Å²) in [5.74, 6) is 0.644. The van der Waals surface area contributed by atoms with Crippen LogP contribution in [0.4, 0.5) is 0 Å². The van der Waals surface area contributed by atoms with Crippen molar-refractivity contribution in [2.24, 2.45) is 0 Å². The molecule has 3 heterocycles. The third-order valence-corrected chi connectivity index (χ3v) is 2.52. The Labute approximate surface area is 96.8 Å². The zero-order valence-corrected chi connectivity index (χ0v) is 8.82. The number of carbonyl (C=O) groups is 1. The maximum atomic E-state index is 11.0. The van der Waals surface area contributed by atoms with E-state index in [1.807, 2.05) is 18.2 Å². The van der Waals surface area contributed by atoms with Crippen LogP contribution in [0.15, 0.2) is 42.7 Å². The summed E-state index contributed by atoms with van der Waals surface area (Å²) in [7, 11) is 0. The largest absolute Gasteiger partial charge is 0.296 e. The number of rotatable bonds is 2. The fraction of sp³-hybridized carbons (Fsp3) is 0. The second-order valence-corrected chi connectivity index (χ2v) is 3.52. The van der Waals surface area contributed by atoms with Crippen molar-refractivity contribution >= 4 is 11.9 Å². The number of aromatic nitrogens is 4. The van der Waals surface area contributed by atoms with Crippen molar-refractivity contribution in [2.45, 2.75) is 0 Å². The normalized spacial score (nSPS) is 10.6. The first kappa shape index (κ1) is 9.65. The first-order valence-electron chi connectivity index (χ1n) is 5.10. The van der Waals surface area contributed by atoms with Gasteiger partial charge in [-0.2, -0.15) is 0 Å². The van der Waals surface area contributed by atoms with Gasteiger partial charge in [-0.3, -0.25) is 14.2 Å². The lowest BCUT2D eigenvalue weighted by Gasteiger charge is -2.01. The van der Waals surface area contributed by atoms with Crippen molar-refractivity contribution in [3.8, 4) is 11.4 Å². The highest BCUT2D eigenvalue weighted by atomic mass is 16.1. The van der Waals surface area contributed by atoms with Gasteiger partial charge in [0.05, 0.1) is 5.69 Å². The fourth-order valence-electron chi connectivity index (χ4n) is 1.75. The van der Waals surface area contributed by atoms with E-state index < -0.39 is 0 Å². The smallest absolute Gasteiger partial charge is 0.169 e. The molecule has 0 unspecified atom stereocenters. The van der Waals surface area contributed by atoms with E-state index in [-0.39, 0.29) is 0 Å². The number of carbonyl (C=O) groups excluding carboxylic acids is 1. The Morgan fingerprint density at radius 2 is 1.88 bits per heavy atom. The Kier molecular flexibility index (Phi) is 2.15. The molecule has 0 amide bonds. The Morgan fingerprint density at radius 1 is 1.06 bits per heavy atom. The second kappa shape index (κ2) is 3.79. The Hall–Kier alpha value is -2.56. The van der Waals surface area contributed by atoms with Crippen LogP contribution in [0.2, 0.25) is 0 Å². The van der Waals surface area contributed by atoms with Gasteiger partial charge in [-0.15, -0.1) is 10.2 Å². The first-order valence-corrected chi connectivity index (χ1v) is 5.10. The molecule has 0 aromatic carbocycles. The van der Waals surface area contributed by atoms with Crippen LogP contribution in [0.5, 0.6) is 0 Å². The molecule has 0 N–H and O–H groups in total. The van der Waals surface area contributed by atoms with E-state index >= 15 is 0 Å². The van der Waals surface area contributed by atoms with E-state index in [2.05, 4.69) is 15.2 Å². The van der Waals surface area contributed by atoms with E-state index in [1.165, 1.54) is 0 Å². The molecule has 17 heavy (non-hydrogen) atoms. The van der Waals surface area contributed by atoms with Crippen LogP contribution in [0.3, 0.4) is 0 Å². The van der Waals surface area contributed by atoms with Gasteiger partial charge in [0.15, 0.2) is 17.8 Å². The maximum Gasteiger partial charge on any atom is 0.169 e. The maximum absolute atomic E-state index is 11.0. The summed E-state index contributed by atoms with van der Waals surface area (Å²) in [4.78, 5) is 15.0. The number of fused-ring (bicyclic) bond motifs is 1. The lowest BCUT2D eigenvalue weighted by molar-refractivity contribution is 0.111. The van der Waals surface area contributed by atoms with Gasteiger partial charge >= 0.3 is 0 Å². The zero-order valence-electron chi connectivity index (χ0n) is 8.82. The average Bonchev–Trinajstić information content (AvgIpc) is 2.83. The van der Waals surface area contributed by atoms with Crippen LogP contribution in [0, 0.1) is 0 Å². The quantitative estimate of drug-likeness (QED) is 0.620. The predicted molar refractivity (Wildman–Crippen MR) is 61.6 cm³/mol. The average molecular weight is 224 g/mol. The molecule has 0 saturated carbocycles. The molecule has 0 aliphatic rings. The van der Waals surface area contributed by atoms with E-state index in [0.717, 1.165) is 11.8 Å². The standard InChI is InChI=1S/C12H8N4O/c17-8-10-2-1-3-11-14-15-12(16(10)11)9-4-6-13-7-5-9/h1-8H. The number of hydrogen-bond donors (Lipinski definition) is 0. The van der Waals surface area contributed by atoms with E-state index in [9.17, 15) is 4.79 Å². The van der Waals surface area contributed by atoms with Gasteiger partial charge in [0.25, 0.3) is 0 Å².